The quantitative estimate of drug-likeness (QED) is 0.762. The Morgan fingerprint density at radius 2 is 1.89 bits per heavy atom. The molecule has 5 heteroatoms. The lowest BCUT2D eigenvalue weighted by atomic mass is 10.2. The van der Waals surface area contributed by atoms with Crippen molar-refractivity contribution in [1.82, 2.24) is 19.7 Å². The SMILES string of the molecule is CN(C)CCN1CCN(Cc2ccnc(Cl)c2)CC1. The molecule has 0 bridgehead atoms. The lowest BCUT2D eigenvalue weighted by Gasteiger charge is -2.35. The minimum absolute atomic E-state index is 0.585. The molecule has 1 saturated heterocycles. The van der Waals surface area contributed by atoms with Crippen molar-refractivity contribution in [3.63, 3.8) is 0 Å². The van der Waals surface area contributed by atoms with Gasteiger partial charge in [-0.15, -0.1) is 0 Å². The van der Waals surface area contributed by atoms with Gasteiger partial charge in [0.15, 0.2) is 0 Å². The smallest absolute Gasteiger partial charge is 0.129 e. The Bertz CT molecular complexity index is 389. The molecule has 0 spiro atoms. The zero-order chi connectivity index (χ0) is 13.7. The second kappa shape index (κ2) is 7.20. The van der Waals surface area contributed by atoms with Gasteiger partial charge in [-0.2, -0.15) is 0 Å². The Labute approximate surface area is 121 Å². The van der Waals surface area contributed by atoms with Crippen LogP contribution in [0.4, 0.5) is 0 Å². The summed E-state index contributed by atoms with van der Waals surface area (Å²) in [4.78, 5) is 11.3. The molecule has 0 saturated carbocycles. The second-order valence-corrected chi connectivity index (χ2v) is 5.80. The molecule has 106 valence electrons. The van der Waals surface area contributed by atoms with E-state index in [0.29, 0.717) is 5.15 Å². The normalized spacial score (nSPS) is 18.1. The fraction of sp³-hybridized carbons (Fsp3) is 0.643. The van der Waals surface area contributed by atoms with E-state index in [4.69, 9.17) is 11.6 Å². The monoisotopic (exact) mass is 282 g/mol. The van der Waals surface area contributed by atoms with Crippen LogP contribution >= 0.6 is 11.6 Å². The van der Waals surface area contributed by atoms with E-state index in [1.807, 2.05) is 12.1 Å². The highest BCUT2D eigenvalue weighted by Crippen LogP contribution is 2.11. The van der Waals surface area contributed by atoms with Gasteiger partial charge in [-0.05, 0) is 31.8 Å². The van der Waals surface area contributed by atoms with Crippen molar-refractivity contribution in [1.29, 1.82) is 0 Å². The fourth-order valence-corrected chi connectivity index (χ4v) is 2.51. The maximum Gasteiger partial charge on any atom is 0.129 e. The summed E-state index contributed by atoms with van der Waals surface area (Å²) in [6.45, 7) is 7.87. The summed E-state index contributed by atoms with van der Waals surface area (Å²) < 4.78 is 0. The maximum absolute atomic E-state index is 5.91. The fourth-order valence-electron chi connectivity index (χ4n) is 2.31. The Balaban J connectivity index is 1.74. The number of hydrogen-bond donors (Lipinski definition) is 0. The number of pyridine rings is 1. The van der Waals surface area contributed by atoms with E-state index in [-0.39, 0.29) is 0 Å². The molecule has 2 rings (SSSR count). The zero-order valence-electron chi connectivity index (χ0n) is 11.8. The molecule has 1 fully saturated rings. The van der Waals surface area contributed by atoms with Crippen molar-refractivity contribution in [2.24, 2.45) is 0 Å². The Kier molecular flexibility index (Phi) is 5.58. The van der Waals surface area contributed by atoms with E-state index in [2.05, 4.69) is 33.8 Å². The number of nitrogens with zero attached hydrogens (tertiary/aromatic N) is 4. The van der Waals surface area contributed by atoms with E-state index >= 15 is 0 Å². The average molecular weight is 283 g/mol. The standard InChI is InChI=1S/C14H23ClN4/c1-17(2)5-6-18-7-9-19(10-8-18)12-13-3-4-16-14(15)11-13/h3-4,11H,5-10,12H2,1-2H3. The van der Waals surface area contributed by atoms with Crippen molar-refractivity contribution in [2.45, 2.75) is 6.54 Å². The predicted molar refractivity (Wildman–Crippen MR) is 79.5 cm³/mol. The molecule has 1 aliphatic heterocycles. The van der Waals surface area contributed by atoms with Gasteiger partial charge < -0.3 is 4.90 Å². The van der Waals surface area contributed by atoms with Crippen LogP contribution in [0.3, 0.4) is 0 Å². The van der Waals surface area contributed by atoms with Crippen LogP contribution in [0.5, 0.6) is 0 Å². The van der Waals surface area contributed by atoms with Gasteiger partial charge in [0.1, 0.15) is 5.15 Å². The lowest BCUT2D eigenvalue weighted by Crippen LogP contribution is -2.47. The topological polar surface area (TPSA) is 22.6 Å². The number of halogens is 1. The van der Waals surface area contributed by atoms with Crippen molar-refractivity contribution in [2.75, 3.05) is 53.4 Å². The molecule has 0 unspecified atom stereocenters. The van der Waals surface area contributed by atoms with Gasteiger partial charge >= 0.3 is 0 Å². The summed E-state index contributed by atoms with van der Waals surface area (Å²) in [5.74, 6) is 0. The maximum atomic E-state index is 5.91. The summed E-state index contributed by atoms with van der Waals surface area (Å²) in [7, 11) is 4.26. The molecule has 19 heavy (non-hydrogen) atoms. The molecule has 1 aromatic rings. The van der Waals surface area contributed by atoms with Gasteiger partial charge in [-0.1, -0.05) is 11.6 Å². The van der Waals surface area contributed by atoms with Gasteiger partial charge in [0, 0.05) is 52.0 Å². The van der Waals surface area contributed by atoms with Crippen LogP contribution in [0, 0.1) is 0 Å². The van der Waals surface area contributed by atoms with Crippen LogP contribution in [0.15, 0.2) is 18.3 Å². The van der Waals surface area contributed by atoms with Crippen molar-refractivity contribution < 1.29 is 0 Å². The van der Waals surface area contributed by atoms with Crippen LogP contribution in [0.2, 0.25) is 5.15 Å². The molecule has 0 aliphatic carbocycles. The number of rotatable bonds is 5. The molecule has 4 nitrogen and oxygen atoms in total. The highest BCUT2D eigenvalue weighted by molar-refractivity contribution is 6.29. The molecular formula is C14H23ClN4. The van der Waals surface area contributed by atoms with Crippen molar-refractivity contribution in [3.8, 4) is 0 Å². The second-order valence-electron chi connectivity index (χ2n) is 5.41. The van der Waals surface area contributed by atoms with Crippen LogP contribution in [0.25, 0.3) is 0 Å². The average Bonchev–Trinajstić information content (AvgIpc) is 2.38. The van der Waals surface area contributed by atoms with E-state index in [0.717, 1.165) is 39.3 Å². The summed E-state index contributed by atoms with van der Waals surface area (Å²) in [6.07, 6.45) is 1.78. The number of aromatic nitrogens is 1. The first kappa shape index (κ1) is 14.7. The molecule has 0 N–H and O–H groups in total. The van der Waals surface area contributed by atoms with E-state index in [9.17, 15) is 0 Å². The summed E-state index contributed by atoms with van der Waals surface area (Å²) in [6, 6.07) is 4.00. The van der Waals surface area contributed by atoms with Gasteiger partial charge in [-0.3, -0.25) is 9.80 Å². The Morgan fingerprint density at radius 1 is 1.21 bits per heavy atom. The highest BCUT2D eigenvalue weighted by atomic mass is 35.5. The van der Waals surface area contributed by atoms with E-state index in [1.165, 1.54) is 12.1 Å². The summed E-state index contributed by atoms with van der Waals surface area (Å²) in [5.41, 5.74) is 1.25. The van der Waals surface area contributed by atoms with E-state index in [1.54, 1.807) is 6.20 Å². The summed E-state index contributed by atoms with van der Waals surface area (Å²) >= 11 is 5.91. The third kappa shape index (κ3) is 5.07. The zero-order valence-corrected chi connectivity index (χ0v) is 12.6. The van der Waals surface area contributed by atoms with Gasteiger partial charge in [0.2, 0.25) is 0 Å². The highest BCUT2D eigenvalue weighted by Gasteiger charge is 2.16. The first-order chi connectivity index (χ1) is 9.13. The summed E-state index contributed by atoms with van der Waals surface area (Å²) in [5, 5.41) is 0.585. The third-order valence-electron chi connectivity index (χ3n) is 3.53. The van der Waals surface area contributed by atoms with Crippen LogP contribution < -0.4 is 0 Å². The van der Waals surface area contributed by atoms with Crippen molar-refractivity contribution >= 4 is 11.6 Å². The van der Waals surface area contributed by atoms with Gasteiger partial charge in [0.05, 0.1) is 0 Å². The Hall–Kier alpha value is -0.680. The number of hydrogen-bond acceptors (Lipinski definition) is 4. The predicted octanol–water partition coefficient (Wildman–Crippen LogP) is 1.41. The molecule has 1 aliphatic rings. The largest absolute Gasteiger partial charge is 0.308 e. The minimum atomic E-state index is 0.585. The first-order valence-corrected chi connectivity index (χ1v) is 7.21. The third-order valence-corrected chi connectivity index (χ3v) is 3.73. The minimum Gasteiger partial charge on any atom is -0.308 e. The number of piperazine rings is 1. The first-order valence-electron chi connectivity index (χ1n) is 6.83. The van der Waals surface area contributed by atoms with Gasteiger partial charge in [-0.25, -0.2) is 4.98 Å². The molecule has 0 amide bonds. The van der Waals surface area contributed by atoms with E-state index < -0.39 is 0 Å². The molecular weight excluding hydrogens is 260 g/mol. The Morgan fingerprint density at radius 3 is 2.53 bits per heavy atom. The molecule has 1 aromatic heterocycles. The van der Waals surface area contributed by atoms with Crippen molar-refractivity contribution in [3.05, 3.63) is 29.0 Å². The van der Waals surface area contributed by atoms with Gasteiger partial charge in [0.25, 0.3) is 0 Å². The molecule has 0 atom stereocenters. The molecule has 0 radical (unpaired) electrons. The van der Waals surface area contributed by atoms with Crippen LogP contribution in [-0.2, 0) is 6.54 Å². The van der Waals surface area contributed by atoms with Crippen LogP contribution in [-0.4, -0.2) is 73.0 Å². The molecule has 2 heterocycles. The molecule has 0 aromatic carbocycles. The van der Waals surface area contributed by atoms with Crippen LogP contribution in [0.1, 0.15) is 5.56 Å². The lowest BCUT2D eigenvalue weighted by molar-refractivity contribution is 0.120. The number of likely N-dealkylation sites (N-methyl/N-ethyl adjacent to an activating group) is 1.